The van der Waals surface area contributed by atoms with Crippen LogP contribution in [0.5, 0.6) is 0 Å². The van der Waals surface area contributed by atoms with Crippen molar-refractivity contribution in [1.29, 1.82) is 5.41 Å². The fourth-order valence-corrected chi connectivity index (χ4v) is 6.06. The Hall–Kier alpha value is -3.68. The lowest BCUT2D eigenvalue weighted by molar-refractivity contribution is -0.129. The summed E-state index contributed by atoms with van der Waals surface area (Å²) in [7, 11) is 0. The Morgan fingerprint density at radius 1 is 1.08 bits per heavy atom. The number of likely N-dealkylation sites (tertiary alicyclic amines) is 1. The van der Waals surface area contributed by atoms with E-state index in [1.807, 2.05) is 49.9 Å². The molecule has 0 saturated carbocycles. The number of carbonyl (C=O) groups excluding carboxylic acids is 3. The number of amidine groups is 1. The van der Waals surface area contributed by atoms with Crippen molar-refractivity contribution < 1.29 is 14.4 Å². The molecule has 0 bridgehead atoms. The number of hydrogen-bond acceptors (Lipinski definition) is 4. The summed E-state index contributed by atoms with van der Waals surface area (Å²) < 4.78 is 0. The van der Waals surface area contributed by atoms with Crippen molar-refractivity contribution in [2.75, 3.05) is 19.6 Å². The molecule has 1 saturated heterocycles. The average Bonchev–Trinajstić information content (AvgIpc) is 3.40. The second kappa shape index (κ2) is 11.8. The summed E-state index contributed by atoms with van der Waals surface area (Å²) in [5.74, 6) is -0.305. The van der Waals surface area contributed by atoms with Crippen LogP contribution in [-0.2, 0) is 11.2 Å². The summed E-state index contributed by atoms with van der Waals surface area (Å²) in [6.45, 7) is 7.58. The maximum Gasteiger partial charge on any atom is 0.324 e. The van der Waals surface area contributed by atoms with E-state index in [0.29, 0.717) is 44.5 Å². The predicted molar refractivity (Wildman–Crippen MR) is 149 cm³/mol. The minimum Gasteiger partial charge on any atom is -0.388 e. The van der Waals surface area contributed by atoms with Crippen LogP contribution in [0.15, 0.2) is 42.5 Å². The van der Waals surface area contributed by atoms with Gasteiger partial charge in [-0.3, -0.25) is 19.9 Å². The van der Waals surface area contributed by atoms with Crippen LogP contribution >= 0.6 is 0 Å². The second-order valence-corrected chi connectivity index (χ2v) is 10.2. The molecule has 0 unspecified atom stereocenters. The lowest BCUT2D eigenvalue weighted by Crippen LogP contribution is -2.46. The van der Waals surface area contributed by atoms with Crippen molar-refractivity contribution in [3.8, 4) is 11.1 Å². The molecule has 2 aliphatic rings. The molecule has 4 amide bonds. The number of unbranched alkanes of at least 4 members (excludes halogenated alkanes) is 1. The maximum absolute atomic E-state index is 13.5. The number of urea groups is 1. The topological polar surface area (TPSA) is 120 Å². The molecule has 0 radical (unpaired) electrons. The van der Waals surface area contributed by atoms with E-state index in [-0.39, 0.29) is 41.6 Å². The van der Waals surface area contributed by atoms with Crippen molar-refractivity contribution in [1.82, 2.24) is 15.1 Å². The molecule has 8 nitrogen and oxygen atoms in total. The van der Waals surface area contributed by atoms with Crippen LogP contribution in [0.1, 0.15) is 73.9 Å². The second-order valence-electron chi connectivity index (χ2n) is 10.2. The summed E-state index contributed by atoms with van der Waals surface area (Å²) in [5.41, 5.74) is 10.4. The van der Waals surface area contributed by atoms with Crippen molar-refractivity contribution in [3.05, 3.63) is 59.2 Å². The van der Waals surface area contributed by atoms with E-state index < -0.39 is 0 Å². The quantitative estimate of drug-likeness (QED) is 0.244. The highest BCUT2D eigenvalue weighted by Crippen LogP contribution is 2.49. The monoisotopic (exact) mass is 517 g/mol. The Balaban J connectivity index is 1.66. The van der Waals surface area contributed by atoms with Gasteiger partial charge < -0.3 is 16.0 Å². The number of imide groups is 1. The number of hydrogen-bond donors (Lipinski definition) is 3. The first kappa shape index (κ1) is 27.4. The SMILES string of the molecule is CCNC(=O)N1C(=O)[C@@H](CCCCC(=N)N)[C@@H]2c3cc(-c4cccc(C(=O)N(CC)CC)c4)ccc3C[C@H]21. The summed E-state index contributed by atoms with van der Waals surface area (Å²) >= 11 is 0. The van der Waals surface area contributed by atoms with Crippen LogP contribution < -0.4 is 11.1 Å². The van der Waals surface area contributed by atoms with Crippen LogP contribution in [0.2, 0.25) is 0 Å². The third-order valence-corrected chi connectivity index (χ3v) is 7.92. The molecular weight excluding hydrogens is 478 g/mol. The molecule has 0 spiro atoms. The Kier molecular flexibility index (Phi) is 8.49. The Morgan fingerprint density at radius 2 is 1.82 bits per heavy atom. The largest absolute Gasteiger partial charge is 0.388 e. The number of nitrogens with zero attached hydrogens (tertiary/aromatic N) is 2. The third kappa shape index (κ3) is 5.30. The van der Waals surface area contributed by atoms with Gasteiger partial charge in [-0.15, -0.1) is 0 Å². The molecule has 8 heteroatoms. The first-order valence-electron chi connectivity index (χ1n) is 13.8. The molecular formula is C30H39N5O3. The van der Waals surface area contributed by atoms with Gasteiger partial charge in [0, 0.05) is 43.5 Å². The summed E-state index contributed by atoms with van der Waals surface area (Å²) in [6, 6.07) is 13.5. The van der Waals surface area contributed by atoms with Crippen LogP contribution in [0, 0.1) is 11.3 Å². The van der Waals surface area contributed by atoms with Crippen molar-refractivity contribution >= 4 is 23.7 Å². The molecule has 1 aliphatic carbocycles. The average molecular weight is 518 g/mol. The number of nitrogens with two attached hydrogens (primary N) is 1. The van der Waals surface area contributed by atoms with E-state index in [4.69, 9.17) is 11.1 Å². The number of carbonyl (C=O) groups is 3. The van der Waals surface area contributed by atoms with Crippen LogP contribution in [0.4, 0.5) is 4.79 Å². The summed E-state index contributed by atoms with van der Waals surface area (Å²) in [5, 5.41) is 10.3. The molecule has 4 rings (SSSR count). The Bertz CT molecular complexity index is 1220. The first-order chi connectivity index (χ1) is 18.3. The zero-order valence-electron chi connectivity index (χ0n) is 22.6. The lowest BCUT2D eigenvalue weighted by atomic mass is 9.83. The van der Waals surface area contributed by atoms with Gasteiger partial charge in [0.05, 0.1) is 11.9 Å². The van der Waals surface area contributed by atoms with E-state index in [2.05, 4.69) is 23.5 Å². The Labute approximate surface area is 225 Å². The molecule has 2 aromatic rings. The first-order valence-corrected chi connectivity index (χ1v) is 13.8. The molecule has 4 N–H and O–H groups in total. The molecule has 2 aromatic carbocycles. The maximum atomic E-state index is 13.5. The van der Waals surface area contributed by atoms with Gasteiger partial charge >= 0.3 is 6.03 Å². The summed E-state index contributed by atoms with van der Waals surface area (Å²) in [4.78, 5) is 42.7. The smallest absolute Gasteiger partial charge is 0.324 e. The number of amides is 4. The lowest BCUT2D eigenvalue weighted by Gasteiger charge is -2.21. The van der Waals surface area contributed by atoms with Gasteiger partial charge in [0.25, 0.3) is 5.91 Å². The van der Waals surface area contributed by atoms with E-state index in [1.165, 1.54) is 4.90 Å². The highest BCUT2D eigenvalue weighted by Gasteiger charge is 2.54. The minimum absolute atomic E-state index is 0.0164. The van der Waals surface area contributed by atoms with Gasteiger partial charge in [-0.25, -0.2) is 4.79 Å². The number of benzene rings is 2. The van der Waals surface area contributed by atoms with Crippen LogP contribution in [0.3, 0.4) is 0 Å². The van der Waals surface area contributed by atoms with Crippen LogP contribution in [-0.4, -0.2) is 59.2 Å². The third-order valence-electron chi connectivity index (χ3n) is 7.92. The van der Waals surface area contributed by atoms with Crippen molar-refractivity contribution in [3.63, 3.8) is 0 Å². The Morgan fingerprint density at radius 3 is 2.50 bits per heavy atom. The fourth-order valence-electron chi connectivity index (χ4n) is 6.06. The van der Waals surface area contributed by atoms with Crippen molar-refractivity contribution in [2.24, 2.45) is 11.7 Å². The normalized spacial score (nSPS) is 19.7. The van der Waals surface area contributed by atoms with Crippen molar-refractivity contribution in [2.45, 2.75) is 64.8 Å². The highest BCUT2D eigenvalue weighted by molar-refractivity contribution is 5.99. The molecule has 202 valence electrons. The molecule has 3 atom stereocenters. The molecule has 38 heavy (non-hydrogen) atoms. The molecule has 0 aromatic heterocycles. The molecule has 1 heterocycles. The number of nitrogens with one attached hydrogen (secondary N) is 2. The van der Waals surface area contributed by atoms with E-state index in [0.717, 1.165) is 35.1 Å². The van der Waals surface area contributed by atoms with E-state index in [1.54, 1.807) is 0 Å². The van der Waals surface area contributed by atoms with Gasteiger partial charge in [0.1, 0.15) is 0 Å². The van der Waals surface area contributed by atoms with E-state index in [9.17, 15) is 14.4 Å². The minimum atomic E-state index is -0.325. The summed E-state index contributed by atoms with van der Waals surface area (Å²) in [6.07, 6.45) is 3.33. The zero-order chi connectivity index (χ0) is 27.4. The number of fused-ring (bicyclic) bond motifs is 3. The van der Waals surface area contributed by atoms with Gasteiger partial charge in [-0.05, 0) is 74.4 Å². The highest BCUT2D eigenvalue weighted by atomic mass is 16.2. The molecule has 1 fully saturated rings. The van der Waals surface area contributed by atoms with Gasteiger partial charge in [0.15, 0.2) is 0 Å². The number of rotatable bonds is 10. The van der Waals surface area contributed by atoms with E-state index >= 15 is 0 Å². The van der Waals surface area contributed by atoms with Gasteiger partial charge in [-0.1, -0.05) is 36.8 Å². The molecule has 1 aliphatic heterocycles. The fraction of sp³-hybridized carbons (Fsp3) is 0.467. The van der Waals surface area contributed by atoms with Gasteiger partial charge in [-0.2, -0.15) is 0 Å². The zero-order valence-corrected chi connectivity index (χ0v) is 22.6. The standard InChI is InChI=1S/C30H39N5O3/c1-4-33-30(38)35-25-18-21-15-14-20(19-10-9-11-22(16-19)28(36)34(5-2)6-3)17-24(21)27(25)23(29(35)37)12-7-8-13-26(31)32/h9-11,14-17,23,25,27H,4-8,12-13,18H2,1-3H3,(H3,31,32)(H,33,38)/t23-,25+,27+/m0/s1. The van der Waals surface area contributed by atoms with Gasteiger partial charge in [0.2, 0.25) is 5.91 Å². The van der Waals surface area contributed by atoms with Crippen LogP contribution in [0.25, 0.3) is 11.1 Å². The predicted octanol–water partition coefficient (Wildman–Crippen LogP) is 4.53.